The smallest absolute Gasteiger partial charge is 0.375 e. The van der Waals surface area contributed by atoms with E-state index in [1.54, 1.807) is 6.07 Å². The van der Waals surface area contributed by atoms with Crippen LogP contribution in [0.5, 0.6) is 0 Å². The molecule has 1 heterocycles. The number of rotatable bonds is 0. The van der Waals surface area contributed by atoms with E-state index in [9.17, 15) is 13.6 Å². The van der Waals surface area contributed by atoms with Gasteiger partial charge in [-0.3, -0.25) is 0 Å². The topological polar surface area (TPSA) is 30.2 Å². The molecule has 0 aliphatic heterocycles. The third-order valence-corrected chi connectivity index (χ3v) is 1.70. The van der Waals surface area contributed by atoms with Gasteiger partial charge in [0.05, 0.1) is 5.39 Å². The van der Waals surface area contributed by atoms with Crippen LogP contribution in [0.4, 0.5) is 8.78 Å². The molecule has 0 aliphatic rings. The Labute approximate surface area is 71.4 Å². The predicted molar refractivity (Wildman–Crippen MR) is 42.4 cm³/mol. The minimum absolute atomic E-state index is 0.0281. The Balaban J connectivity index is 3.02. The zero-order chi connectivity index (χ0) is 9.42. The third-order valence-electron chi connectivity index (χ3n) is 1.70. The molecule has 0 saturated carbocycles. The molecule has 0 bridgehead atoms. The summed E-state index contributed by atoms with van der Waals surface area (Å²) in [6.07, 6.45) is 0. The molecule has 2 nitrogen and oxygen atoms in total. The van der Waals surface area contributed by atoms with Gasteiger partial charge in [-0.25, -0.2) is 9.18 Å². The van der Waals surface area contributed by atoms with Gasteiger partial charge in [0, 0.05) is 0 Å². The maximum atomic E-state index is 13.0. The predicted octanol–water partition coefficient (Wildman–Crippen LogP) is 2.07. The molecule has 0 saturated heterocycles. The molecule has 13 heavy (non-hydrogen) atoms. The van der Waals surface area contributed by atoms with Crippen molar-refractivity contribution in [2.75, 3.05) is 0 Å². The fourth-order valence-corrected chi connectivity index (χ4v) is 1.09. The summed E-state index contributed by atoms with van der Waals surface area (Å²) in [6.45, 7) is 0. The maximum absolute atomic E-state index is 13.0. The second-order valence-corrected chi connectivity index (χ2v) is 2.51. The number of hydrogen-bond acceptors (Lipinski definition) is 2. The Kier molecular flexibility index (Phi) is 1.62. The van der Waals surface area contributed by atoms with Gasteiger partial charge in [-0.2, -0.15) is 4.39 Å². The van der Waals surface area contributed by atoms with Crippen molar-refractivity contribution in [3.8, 4) is 0 Å². The van der Waals surface area contributed by atoms with Crippen molar-refractivity contribution < 1.29 is 13.2 Å². The van der Waals surface area contributed by atoms with Gasteiger partial charge in [0.25, 0.3) is 0 Å². The molecule has 2 aromatic rings. The normalized spacial score (nSPS) is 10.6. The van der Waals surface area contributed by atoms with Crippen LogP contribution in [0.1, 0.15) is 0 Å². The summed E-state index contributed by atoms with van der Waals surface area (Å²) in [7, 11) is 0. The molecule has 0 aliphatic carbocycles. The average molecular weight is 182 g/mol. The first-order valence-electron chi connectivity index (χ1n) is 3.57. The molecule has 1 aromatic carbocycles. The van der Waals surface area contributed by atoms with Crippen molar-refractivity contribution in [1.29, 1.82) is 0 Å². The molecule has 0 fully saturated rings. The number of para-hydroxylation sites is 1. The van der Waals surface area contributed by atoms with Crippen molar-refractivity contribution in [3.05, 3.63) is 46.3 Å². The van der Waals surface area contributed by atoms with Crippen molar-refractivity contribution in [3.63, 3.8) is 0 Å². The van der Waals surface area contributed by atoms with Gasteiger partial charge in [0.15, 0.2) is 5.82 Å². The summed E-state index contributed by atoms with van der Waals surface area (Å²) in [5, 5.41) is -0.0281. The molecular formula is C9H4F2O2. The minimum Gasteiger partial charge on any atom is -0.420 e. The Bertz CT molecular complexity index is 516. The summed E-state index contributed by atoms with van der Waals surface area (Å²) in [6, 6.07) is 5.85. The summed E-state index contributed by atoms with van der Waals surface area (Å²) in [4.78, 5) is 10.7. The Morgan fingerprint density at radius 1 is 1.08 bits per heavy atom. The SMILES string of the molecule is O=c1oc2ccccc2c(F)c1F. The zero-order valence-electron chi connectivity index (χ0n) is 6.38. The lowest BCUT2D eigenvalue weighted by molar-refractivity contribution is 0.438. The molecule has 66 valence electrons. The van der Waals surface area contributed by atoms with Crippen LogP contribution in [0.2, 0.25) is 0 Å². The van der Waals surface area contributed by atoms with E-state index < -0.39 is 17.3 Å². The van der Waals surface area contributed by atoms with Gasteiger partial charge in [-0.15, -0.1) is 0 Å². The highest BCUT2D eigenvalue weighted by atomic mass is 19.2. The van der Waals surface area contributed by atoms with Gasteiger partial charge < -0.3 is 4.42 Å². The van der Waals surface area contributed by atoms with Crippen molar-refractivity contribution >= 4 is 11.0 Å². The number of halogens is 2. The van der Waals surface area contributed by atoms with Crippen LogP contribution in [0.3, 0.4) is 0 Å². The molecular weight excluding hydrogens is 178 g/mol. The second-order valence-electron chi connectivity index (χ2n) is 2.51. The van der Waals surface area contributed by atoms with E-state index in [2.05, 4.69) is 4.42 Å². The lowest BCUT2D eigenvalue weighted by Crippen LogP contribution is -2.07. The van der Waals surface area contributed by atoms with Crippen molar-refractivity contribution in [2.24, 2.45) is 0 Å². The first-order chi connectivity index (χ1) is 6.20. The molecule has 0 spiro atoms. The van der Waals surface area contributed by atoms with Crippen LogP contribution >= 0.6 is 0 Å². The molecule has 0 amide bonds. The highest BCUT2D eigenvalue weighted by Crippen LogP contribution is 2.16. The summed E-state index contributed by atoms with van der Waals surface area (Å²) in [5.74, 6) is -2.63. The van der Waals surface area contributed by atoms with E-state index >= 15 is 0 Å². The summed E-state index contributed by atoms with van der Waals surface area (Å²) >= 11 is 0. The van der Waals surface area contributed by atoms with Crippen LogP contribution in [-0.4, -0.2) is 0 Å². The molecule has 0 unspecified atom stereocenters. The van der Waals surface area contributed by atoms with E-state index in [0.29, 0.717) is 0 Å². The van der Waals surface area contributed by atoms with Crippen LogP contribution in [-0.2, 0) is 0 Å². The van der Waals surface area contributed by atoms with E-state index in [1.807, 2.05) is 0 Å². The molecule has 4 heteroatoms. The Morgan fingerprint density at radius 2 is 1.77 bits per heavy atom. The molecule has 1 aromatic heterocycles. The summed E-state index contributed by atoms with van der Waals surface area (Å²) in [5.41, 5.74) is -1.23. The lowest BCUT2D eigenvalue weighted by Gasteiger charge is -1.96. The second kappa shape index (κ2) is 2.65. The fourth-order valence-electron chi connectivity index (χ4n) is 1.09. The minimum atomic E-state index is -1.47. The van der Waals surface area contributed by atoms with Crippen LogP contribution in [0.25, 0.3) is 11.0 Å². The van der Waals surface area contributed by atoms with Gasteiger partial charge in [-0.05, 0) is 12.1 Å². The Hall–Kier alpha value is -1.71. The van der Waals surface area contributed by atoms with E-state index in [-0.39, 0.29) is 11.0 Å². The lowest BCUT2D eigenvalue weighted by atomic mass is 10.2. The quantitative estimate of drug-likeness (QED) is 0.584. The number of hydrogen-bond donors (Lipinski definition) is 0. The maximum Gasteiger partial charge on any atom is 0.375 e. The van der Waals surface area contributed by atoms with E-state index in [0.717, 1.165) is 0 Å². The van der Waals surface area contributed by atoms with Crippen molar-refractivity contribution in [1.82, 2.24) is 0 Å². The molecule has 2 rings (SSSR count). The Morgan fingerprint density at radius 3 is 2.54 bits per heavy atom. The first kappa shape index (κ1) is 7.91. The van der Waals surface area contributed by atoms with Gasteiger partial charge in [0.1, 0.15) is 5.58 Å². The van der Waals surface area contributed by atoms with E-state index in [4.69, 9.17) is 0 Å². The van der Waals surface area contributed by atoms with Crippen LogP contribution in [0.15, 0.2) is 33.5 Å². The zero-order valence-corrected chi connectivity index (χ0v) is 6.38. The number of fused-ring (bicyclic) bond motifs is 1. The monoisotopic (exact) mass is 182 g/mol. The van der Waals surface area contributed by atoms with Crippen LogP contribution in [0, 0.1) is 11.6 Å². The highest BCUT2D eigenvalue weighted by Gasteiger charge is 2.12. The average Bonchev–Trinajstić information content (AvgIpc) is 2.15. The van der Waals surface area contributed by atoms with Crippen molar-refractivity contribution in [2.45, 2.75) is 0 Å². The van der Waals surface area contributed by atoms with Gasteiger partial charge in [-0.1, -0.05) is 12.1 Å². The van der Waals surface area contributed by atoms with Gasteiger partial charge >= 0.3 is 5.63 Å². The molecule has 0 N–H and O–H groups in total. The fraction of sp³-hybridized carbons (Fsp3) is 0. The van der Waals surface area contributed by atoms with Gasteiger partial charge in [0.2, 0.25) is 5.82 Å². The third kappa shape index (κ3) is 1.11. The molecule has 0 radical (unpaired) electrons. The highest BCUT2D eigenvalue weighted by molar-refractivity contribution is 5.76. The van der Waals surface area contributed by atoms with Crippen LogP contribution < -0.4 is 5.63 Å². The molecule has 0 atom stereocenters. The standard InChI is InChI=1S/C9H4F2O2/c10-7-5-3-1-2-4-6(5)13-9(12)8(7)11/h1-4H. The largest absolute Gasteiger partial charge is 0.420 e. The summed E-state index contributed by atoms with van der Waals surface area (Å²) < 4.78 is 30.2. The first-order valence-corrected chi connectivity index (χ1v) is 3.57. The number of benzene rings is 1. The van der Waals surface area contributed by atoms with E-state index in [1.165, 1.54) is 18.2 Å².